The van der Waals surface area contributed by atoms with E-state index in [1.807, 2.05) is 6.07 Å². The minimum Gasteiger partial charge on any atom is -0.486 e. The van der Waals surface area contributed by atoms with Gasteiger partial charge in [-0.15, -0.1) is 0 Å². The van der Waals surface area contributed by atoms with Gasteiger partial charge in [0.25, 0.3) is 0 Å². The van der Waals surface area contributed by atoms with Crippen LogP contribution >= 0.6 is 11.6 Å². The van der Waals surface area contributed by atoms with E-state index in [1.54, 1.807) is 30.3 Å². The molecule has 1 aromatic heterocycles. The van der Waals surface area contributed by atoms with Crippen molar-refractivity contribution in [1.29, 1.82) is 0 Å². The Kier molecular flexibility index (Phi) is 5.65. The third-order valence-corrected chi connectivity index (χ3v) is 7.10. The second-order valence-electron chi connectivity index (χ2n) is 7.48. The van der Waals surface area contributed by atoms with Crippen molar-refractivity contribution in [3.8, 4) is 11.5 Å². The number of nitrogens with one attached hydrogen (secondary N) is 1. The van der Waals surface area contributed by atoms with Crippen LogP contribution in [0, 0.1) is 5.82 Å². The van der Waals surface area contributed by atoms with E-state index in [1.165, 1.54) is 24.3 Å². The van der Waals surface area contributed by atoms with Gasteiger partial charge in [-0.2, -0.15) is 0 Å². The van der Waals surface area contributed by atoms with Gasteiger partial charge in [0, 0.05) is 0 Å². The van der Waals surface area contributed by atoms with Gasteiger partial charge >= 0.3 is 0 Å². The summed E-state index contributed by atoms with van der Waals surface area (Å²) in [5, 5.41) is 7.59. The lowest BCUT2D eigenvalue weighted by Gasteiger charge is -2.32. The van der Waals surface area contributed by atoms with Gasteiger partial charge in [0.05, 0.1) is 11.1 Å². The average Bonchev–Trinajstić information content (AvgIpc) is 3.30. The number of sulfonamides is 1. The van der Waals surface area contributed by atoms with Crippen molar-refractivity contribution in [2.75, 3.05) is 6.61 Å². The summed E-state index contributed by atoms with van der Waals surface area (Å²) in [4.78, 5) is -0.135. The van der Waals surface area contributed by atoms with Crippen molar-refractivity contribution in [1.82, 2.24) is 15.0 Å². The molecule has 1 aliphatic heterocycles. The topological polar surface area (TPSA) is 104 Å². The van der Waals surface area contributed by atoms with E-state index in [-0.39, 0.29) is 39.8 Å². The minimum atomic E-state index is -4.11. The second-order valence-corrected chi connectivity index (χ2v) is 9.57. The molecule has 0 radical (unpaired) electrons. The number of ether oxygens (including phenoxy) is 2. The molecule has 8 nitrogen and oxygen atoms in total. The third-order valence-electron chi connectivity index (χ3n) is 5.27. The number of halogens is 2. The SMILES string of the molecule is O=S(=O)(NC(Cc1ccc(F)cc1)C1COc2ccccc2O1)c1ccc(Cl)c2nonc12. The van der Waals surface area contributed by atoms with Gasteiger partial charge in [-0.3, -0.25) is 0 Å². The summed E-state index contributed by atoms with van der Waals surface area (Å²) in [5.41, 5.74) is 0.874. The monoisotopic (exact) mass is 489 g/mol. The van der Waals surface area contributed by atoms with Crippen LogP contribution in [0.15, 0.2) is 70.2 Å². The van der Waals surface area contributed by atoms with Crippen molar-refractivity contribution in [3.63, 3.8) is 0 Å². The summed E-state index contributed by atoms with van der Waals surface area (Å²) < 4.78 is 59.4. The van der Waals surface area contributed by atoms with Crippen LogP contribution in [-0.2, 0) is 16.4 Å². The minimum absolute atomic E-state index is 0.0155. The summed E-state index contributed by atoms with van der Waals surface area (Å²) in [6.45, 7) is 0.118. The molecule has 0 bridgehead atoms. The maximum Gasteiger partial charge on any atom is 0.243 e. The van der Waals surface area contributed by atoms with Crippen LogP contribution in [0.5, 0.6) is 11.5 Å². The Hall–Kier alpha value is -3.21. The first-order valence-corrected chi connectivity index (χ1v) is 11.8. The Morgan fingerprint density at radius 3 is 2.55 bits per heavy atom. The number of hydrogen-bond acceptors (Lipinski definition) is 7. The molecule has 33 heavy (non-hydrogen) atoms. The number of rotatable bonds is 6. The molecular weight excluding hydrogens is 473 g/mol. The Morgan fingerprint density at radius 2 is 1.76 bits per heavy atom. The fraction of sp³-hybridized carbons (Fsp3) is 0.182. The first-order chi connectivity index (χ1) is 15.9. The largest absolute Gasteiger partial charge is 0.486 e. The standard InChI is InChI=1S/C22H17ClFN3O5S/c23-15-9-10-20(22-21(15)25-32-26-22)33(28,29)27-16(11-13-5-7-14(24)8-6-13)19-12-30-17-3-1-2-4-18(17)31-19/h1-10,16,19,27H,11-12H2. The predicted octanol–water partition coefficient (Wildman–Crippen LogP) is 3.74. The van der Waals surface area contributed by atoms with Crippen molar-refractivity contribution in [2.24, 2.45) is 0 Å². The Morgan fingerprint density at radius 1 is 1.03 bits per heavy atom. The molecule has 1 aliphatic rings. The average molecular weight is 490 g/mol. The molecule has 0 spiro atoms. The highest BCUT2D eigenvalue weighted by Gasteiger charge is 2.34. The van der Waals surface area contributed by atoms with Crippen LogP contribution in [-0.4, -0.2) is 37.5 Å². The van der Waals surface area contributed by atoms with Crippen LogP contribution in [0.25, 0.3) is 11.0 Å². The van der Waals surface area contributed by atoms with Crippen molar-refractivity contribution >= 4 is 32.7 Å². The molecule has 0 saturated carbocycles. The first-order valence-electron chi connectivity index (χ1n) is 9.97. The number of aromatic nitrogens is 2. The number of hydrogen-bond donors (Lipinski definition) is 1. The van der Waals surface area contributed by atoms with E-state index in [0.29, 0.717) is 11.5 Å². The van der Waals surface area contributed by atoms with Crippen LogP contribution in [0.4, 0.5) is 4.39 Å². The second kappa shape index (κ2) is 8.62. The maximum atomic E-state index is 13.4. The van der Waals surface area contributed by atoms with E-state index in [2.05, 4.69) is 15.0 Å². The summed E-state index contributed by atoms with van der Waals surface area (Å²) in [5.74, 6) is 0.695. The van der Waals surface area contributed by atoms with Gasteiger partial charge in [0.15, 0.2) is 22.5 Å². The van der Waals surface area contributed by atoms with Gasteiger partial charge in [-0.25, -0.2) is 22.2 Å². The van der Waals surface area contributed by atoms with Gasteiger partial charge in [0.1, 0.15) is 23.4 Å². The van der Waals surface area contributed by atoms with E-state index < -0.39 is 22.2 Å². The number of fused-ring (bicyclic) bond motifs is 2. The predicted molar refractivity (Wildman–Crippen MR) is 117 cm³/mol. The normalized spacial score (nSPS) is 16.6. The molecule has 0 amide bonds. The highest BCUT2D eigenvalue weighted by molar-refractivity contribution is 7.89. The summed E-state index contributed by atoms with van der Waals surface area (Å²) in [6.07, 6.45) is -0.429. The van der Waals surface area contributed by atoms with E-state index in [0.717, 1.165) is 5.56 Å². The first kappa shape index (κ1) is 21.6. The van der Waals surface area contributed by atoms with Crippen molar-refractivity contribution in [2.45, 2.75) is 23.5 Å². The quantitative estimate of drug-likeness (QED) is 0.440. The molecule has 2 atom stereocenters. The smallest absolute Gasteiger partial charge is 0.243 e. The number of para-hydroxylation sites is 2. The van der Waals surface area contributed by atoms with Crippen molar-refractivity contribution in [3.05, 3.63) is 77.1 Å². The van der Waals surface area contributed by atoms with Crippen molar-refractivity contribution < 1.29 is 26.9 Å². The molecule has 0 fully saturated rings. The van der Waals surface area contributed by atoms with E-state index in [9.17, 15) is 12.8 Å². The molecule has 5 rings (SSSR count). The molecule has 4 aromatic rings. The van der Waals surface area contributed by atoms with Gasteiger partial charge in [-0.05, 0) is 58.7 Å². The van der Waals surface area contributed by atoms with Gasteiger partial charge in [-0.1, -0.05) is 35.9 Å². The molecule has 2 unspecified atom stereocenters. The Balaban J connectivity index is 1.49. The van der Waals surface area contributed by atoms with Crippen LogP contribution in [0.1, 0.15) is 5.56 Å². The maximum absolute atomic E-state index is 13.4. The zero-order valence-corrected chi connectivity index (χ0v) is 18.5. The molecule has 3 aromatic carbocycles. The van der Waals surface area contributed by atoms with Crippen LogP contribution in [0.3, 0.4) is 0 Å². The van der Waals surface area contributed by atoms with Crippen LogP contribution < -0.4 is 14.2 Å². The lowest BCUT2D eigenvalue weighted by atomic mass is 10.0. The number of nitrogens with zero attached hydrogens (tertiary/aromatic N) is 2. The highest BCUT2D eigenvalue weighted by atomic mass is 35.5. The van der Waals surface area contributed by atoms with Gasteiger partial charge < -0.3 is 9.47 Å². The zero-order valence-electron chi connectivity index (χ0n) is 16.9. The lowest BCUT2D eigenvalue weighted by molar-refractivity contribution is 0.0680. The molecular formula is C22H17ClFN3O5S. The molecule has 170 valence electrons. The summed E-state index contributed by atoms with van der Waals surface area (Å²) in [7, 11) is -4.11. The van der Waals surface area contributed by atoms with E-state index >= 15 is 0 Å². The fourth-order valence-electron chi connectivity index (χ4n) is 3.65. The summed E-state index contributed by atoms with van der Waals surface area (Å²) in [6, 6.07) is 14.9. The van der Waals surface area contributed by atoms with Crippen LogP contribution in [0.2, 0.25) is 5.02 Å². The van der Waals surface area contributed by atoms with Gasteiger partial charge in [0.2, 0.25) is 10.0 Å². The molecule has 2 heterocycles. The highest BCUT2D eigenvalue weighted by Crippen LogP contribution is 2.33. The third kappa shape index (κ3) is 4.37. The Bertz CT molecular complexity index is 1410. The van der Waals surface area contributed by atoms with E-state index in [4.69, 9.17) is 25.7 Å². The molecule has 1 N–H and O–H groups in total. The molecule has 0 saturated heterocycles. The lowest BCUT2D eigenvalue weighted by Crippen LogP contribution is -2.51. The number of benzene rings is 3. The summed E-state index contributed by atoms with van der Waals surface area (Å²) >= 11 is 6.07. The zero-order chi connectivity index (χ0) is 23.0. The molecule has 0 aliphatic carbocycles. The molecule has 11 heteroatoms. The Labute approximate surface area is 193 Å². The fourth-order valence-corrected chi connectivity index (χ4v) is 5.23.